The van der Waals surface area contributed by atoms with E-state index in [2.05, 4.69) is 0 Å². The number of halogens is 2. The highest BCUT2D eigenvalue weighted by Gasteiger charge is 2.46. The lowest BCUT2D eigenvalue weighted by molar-refractivity contribution is -0.123. The van der Waals surface area contributed by atoms with Crippen LogP contribution in [0.15, 0.2) is 53.8 Å². The van der Waals surface area contributed by atoms with E-state index in [1.54, 1.807) is 26.8 Å². The number of phenols is 1. The second-order valence-corrected chi connectivity index (χ2v) is 7.61. The molecule has 146 valence electrons. The van der Waals surface area contributed by atoms with Crippen molar-refractivity contribution in [2.75, 3.05) is 4.90 Å². The Labute approximate surface area is 160 Å². The number of ketones is 1. The van der Waals surface area contributed by atoms with Crippen molar-refractivity contribution in [2.45, 2.75) is 26.8 Å². The van der Waals surface area contributed by atoms with E-state index < -0.39 is 40.5 Å². The number of aromatic hydroxyl groups is 1. The van der Waals surface area contributed by atoms with Crippen LogP contribution in [-0.4, -0.2) is 21.9 Å². The van der Waals surface area contributed by atoms with Gasteiger partial charge in [-0.25, -0.2) is 8.78 Å². The van der Waals surface area contributed by atoms with Crippen LogP contribution in [0.2, 0.25) is 0 Å². The molecule has 3 rings (SSSR count). The minimum Gasteiger partial charge on any atom is -0.508 e. The zero-order valence-corrected chi connectivity index (χ0v) is 15.5. The van der Waals surface area contributed by atoms with Crippen LogP contribution in [0.4, 0.5) is 14.5 Å². The summed E-state index contributed by atoms with van der Waals surface area (Å²) >= 11 is 0. The van der Waals surface area contributed by atoms with Gasteiger partial charge in [-0.3, -0.25) is 14.5 Å². The highest BCUT2D eigenvalue weighted by Crippen LogP contribution is 2.44. The third kappa shape index (κ3) is 3.24. The topological polar surface area (TPSA) is 77.8 Å². The molecule has 1 heterocycles. The molecule has 0 radical (unpaired) electrons. The third-order valence-electron chi connectivity index (χ3n) is 4.50. The predicted octanol–water partition coefficient (Wildman–Crippen LogP) is 4.19. The Hall–Kier alpha value is -3.22. The molecule has 0 aromatic heterocycles. The van der Waals surface area contributed by atoms with Gasteiger partial charge in [0.25, 0.3) is 5.91 Å². The second kappa shape index (κ2) is 6.74. The molecule has 0 spiro atoms. The zero-order chi connectivity index (χ0) is 20.8. The van der Waals surface area contributed by atoms with Crippen molar-refractivity contribution in [3.05, 3.63) is 71.0 Å². The number of phenolic OH excluding ortho intramolecular Hbond substituents is 1. The molecule has 2 aromatic carbocycles. The summed E-state index contributed by atoms with van der Waals surface area (Å²) in [6.07, 6.45) is 0. The molecule has 5 nitrogen and oxygen atoms in total. The van der Waals surface area contributed by atoms with Gasteiger partial charge < -0.3 is 10.2 Å². The molecule has 1 amide bonds. The van der Waals surface area contributed by atoms with Gasteiger partial charge in [0.15, 0.2) is 23.2 Å². The van der Waals surface area contributed by atoms with Crippen LogP contribution in [0.1, 0.15) is 32.4 Å². The molecule has 0 bridgehead atoms. The van der Waals surface area contributed by atoms with Gasteiger partial charge in [0.1, 0.15) is 5.75 Å². The first-order valence-electron chi connectivity index (χ1n) is 8.58. The summed E-state index contributed by atoms with van der Waals surface area (Å²) in [6.45, 7) is 4.92. The molecule has 1 aliphatic rings. The maximum Gasteiger partial charge on any atom is 0.294 e. The number of Topliss-reactive ketones (excluding diaryl/α,β-unsaturated/α-hetero) is 1. The number of benzene rings is 2. The standard InChI is InChI=1S/C21H19F2NO4/c1-21(2,3)19(27)16-17(11-5-4-6-13(25)9-11)24(20(28)18(16)26)12-7-8-14(22)15(23)10-12/h4-10,17,25-26H,1-3H3. The smallest absolute Gasteiger partial charge is 0.294 e. The molecule has 2 aromatic rings. The number of hydrogen-bond acceptors (Lipinski definition) is 4. The molecule has 7 heteroatoms. The Morgan fingerprint density at radius 2 is 1.71 bits per heavy atom. The van der Waals surface area contributed by atoms with Crippen molar-refractivity contribution < 1.29 is 28.6 Å². The normalized spacial score (nSPS) is 17.4. The zero-order valence-electron chi connectivity index (χ0n) is 15.5. The Morgan fingerprint density at radius 3 is 2.29 bits per heavy atom. The molecule has 0 saturated heterocycles. The molecule has 28 heavy (non-hydrogen) atoms. The highest BCUT2D eigenvalue weighted by atomic mass is 19.2. The second-order valence-electron chi connectivity index (χ2n) is 7.61. The van der Waals surface area contributed by atoms with Gasteiger partial charge >= 0.3 is 0 Å². The molecule has 2 N–H and O–H groups in total. The van der Waals surface area contributed by atoms with Crippen molar-refractivity contribution in [2.24, 2.45) is 5.41 Å². The first-order valence-corrected chi connectivity index (χ1v) is 8.58. The number of carbonyl (C=O) groups excluding carboxylic acids is 2. The Bertz CT molecular complexity index is 1010. The number of aliphatic hydroxyl groups excluding tert-OH is 1. The summed E-state index contributed by atoms with van der Waals surface area (Å²) in [4.78, 5) is 26.8. The summed E-state index contributed by atoms with van der Waals surface area (Å²) in [5.74, 6) is -4.51. The van der Waals surface area contributed by atoms with Gasteiger partial charge in [-0.05, 0) is 29.8 Å². The van der Waals surface area contributed by atoms with E-state index >= 15 is 0 Å². The van der Waals surface area contributed by atoms with Gasteiger partial charge in [0.2, 0.25) is 0 Å². The first kappa shape index (κ1) is 19.5. The molecule has 1 unspecified atom stereocenters. The minimum atomic E-state index is -1.17. The van der Waals surface area contributed by atoms with Crippen molar-refractivity contribution in [1.29, 1.82) is 0 Å². The molecule has 0 aliphatic carbocycles. The van der Waals surface area contributed by atoms with Crippen molar-refractivity contribution in [1.82, 2.24) is 0 Å². The lowest BCUT2D eigenvalue weighted by atomic mass is 9.82. The van der Waals surface area contributed by atoms with Crippen LogP contribution >= 0.6 is 0 Å². The fourth-order valence-electron chi connectivity index (χ4n) is 3.15. The maximum atomic E-state index is 13.8. The van der Waals surface area contributed by atoms with Crippen LogP contribution in [0.25, 0.3) is 0 Å². The third-order valence-corrected chi connectivity index (χ3v) is 4.50. The summed E-state index contributed by atoms with van der Waals surface area (Å²) in [7, 11) is 0. The van der Waals surface area contributed by atoms with Crippen LogP contribution < -0.4 is 4.90 Å². The predicted molar refractivity (Wildman–Crippen MR) is 98.8 cm³/mol. The van der Waals surface area contributed by atoms with Crippen molar-refractivity contribution in [3.8, 4) is 5.75 Å². The molecular formula is C21H19F2NO4. The summed E-state index contributed by atoms with van der Waals surface area (Å²) in [5.41, 5.74) is -0.758. The summed E-state index contributed by atoms with van der Waals surface area (Å²) in [5, 5.41) is 20.3. The van der Waals surface area contributed by atoms with E-state index in [9.17, 15) is 28.6 Å². The average molecular weight is 387 g/mol. The van der Waals surface area contributed by atoms with Crippen LogP contribution in [0.5, 0.6) is 5.75 Å². The van der Waals surface area contributed by atoms with Gasteiger partial charge in [-0.2, -0.15) is 0 Å². The lowest BCUT2D eigenvalue weighted by Crippen LogP contribution is -2.32. The van der Waals surface area contributed by atoms with E-state index in [4.69, 9.17) is 0 Å². The summed E-state index contributed by atoms with van der Waals surface area (Å²) < 4.78 is 27.2. The number of aliphatic hydroxyl groups is 1. The molecule has 0 fully saturated rings. The van der Waals surface area contributed by atoms with E-state index in [0.29, 0.717) is 5.56 Å². The first-order chi connectivity index (χ1) is 13.0. The number of carbonyl (C=O) groups is 2. The fourth-order valence-corrected chi connectivity index (χ4v) is 3.15. The van der Waals surface area contributed by atoms with Crippen LogP contribution in [-0.2, 0) is 9.59 Å². The molecule has 0 saturated carbocycles. The number of amides is 1. The van der Waals surface area contributed by atoms with Gasteiger partial charge in [0.05, 0.1) is 11.6 Å². The SMILES string of the molecule is CC(C)(C)C(=O)C1=C(O)C(=O)N(c2ccc(F)c(F)c2)C1c1cccc(O)c1. The van der Waals surface area contributed by atoms with E-state index in [1.807, 2.05) is 0 Å². The monoisotopic (exact) mass is 387 g/mol. The van der Waals surface area contributed by atoms with Gasteiger partial charge in [0, 0.05) is 17.2 Å². The maximum absolute atomic E-state index is 13.8. The average Bonchev–Trinajstić information content (AvgIpc) is 2.87. The number of nitrogens with zero attached hydrogens (tertiary/aromatic N) is 1. The van der Waals surface area contributed by atoms with Crippen molar-refractivity contribution >= 4 is 17.4 Å². The Kier molecular flexibility index (Phi) is 4.71. The molecule has 1 aliphatic heterocycles. The quantitative estimate of drug-likeness (QED) is 0.828. The Balaban J connectivity index is 2.23. The highest BCUT2D eigenvalue weighted by molar-refractivity contribution is 6.17. The van der Waals surface area contributed by atoms with Crippen LogP contribution in [0.3, 0.4) is 0 Å². The molecule has 1 atom stereocenters. The van der Waals surface area contributed by atoms with Crippen molar-refractivity contribution in [3.63, 3.8) is 0 Å². The van der Waals surface area contributed by atoms with Gasteiger partial charge in [-0.1, -0.05) is 32.9 Å². The van der Waals surface area contributed by atoms with Crippen LogP contribution in [0, 0.1) is 17.0 Å². The number of hydrogen-bond donors (Lipinski definition) is 2. The minimum absolute atomic E-state index is 0.0273. The van der Waals surface area contributed by atoms with E-state index in [1.165, 1.54) is 24.3 Å². The number of anilines is 1. The largest absolute Gasteiger partial charge is 0.508 e. The lowest BCUT2D eigenvalue weighted by Gasteiger charge is -2.29. The Morgan fingerprint density at radius 1 is 1.04 bits per heavy atom. The van der Waals surface area contributed by atoms with E-state index in [0.717, 1.165) is 17.0 Å². The van der Waals surface area contributed by atoms with Gasteiger partial charge in [-0.15, -0.1) is 0 Å². The number of rotatable bonds is 3. The summed E-state index contributed by atoms with van der Waals surface area (Å²) in [6, 6.07) is 7.61. The van der Waals surface area contributed by atoms with E-state index in [-0.39, 0.29) is 17.0 Å². The molecular weight excluding hydrogens is 368 g/mol. The fraction of sp³-hybridized carbons (Fsp3) is 0.238.